The highest BCUT2D eigenvalue weighted by Gasteiger charge is 2.18. The third-order valence-electron chi connectivity index (χ3n) is 5.57. The molecule has 3 N–H and O–H groups in total. The van der Waals surface area contributed by atoms with E-state index >= 15 is 0 Å². The van der Waals surface area contributed by atoms with E-state index in [1.807, 2.05) is 72.8 Å². The van der Waals surface area contributed by atoms with Crippen molar-refractivity contribution in [2.45, 2.75) is 13.2 Å². The zero-order valence-corrected chi connectivity index (χ0v) is 17.3. The minimum absolute atomic E-state index is 0.0929. The van der Waals surface area contributed by atoms with Crippen molar-refractivity contribution in [2.24, 2.45) is 5.73 Å². The molecular formula is C27H21N2O3. The molecule has 4 aromatic carbocycles. The lowest BCUT2D eigenvalue weighted by molar-refractivity contribution is 0.100. The van der Waals surface area contributed by atoms with Crippen LogP contribution in [0.3, 0.4) is 0 Å². The lowest BCUT2D eigenvalue weighted by Gasteiger charge is -2.14. The van der Waals surface area contributed by atoms with Gasteiger partial charge in [0.2, 0.25) is 5.91 Å². The number of benzene rings is 4. The summed E-state index contributed by atoms with van der Waals surface area (Å²) in [5.74, 6) is 1.03. The molecule has 32 heavy (non-hydrogen) atoms. The monoisotopic (exact) mass is 421 g/mol. The summed E-state index contributed by atoms with van der Waals surface area (Å²) in [4.78, 5) is 12.1. The van der Waals surface area contributed by atoms with E-state index in [0.29, 0.717) is 12.1 Å². The first-order valence-corrected chi connectivity index (χ1v) is 10.3. The molecule has 0 aliphatic carbocycles. The lowest BCUT2D eigenvalue weighted by Crippen LogP contribution is -2.11. The van der Waals surface area contributed by atoms with Gasteiger partial charge in [0.15, 0.2) is 0 Å². The maximum Gasteiger partial charge on any atom is 0.249 e. The number of ether oxygens (including phenoxy) is 1. The number of hydrogen-bond acceptors (Lipinski definition) is 3. The zero-order chi connectivity index (χ0) is 22.1. The van der Waals surface area contributed by atoms with E-state index in [0.717, 1.165) is 44.4 Å². The third-order valence-corrected chi connectivity index (χ3v) is 5.57. The topological polar surface area (TPSA) is 77.5 Å². The first-order chi connectivity index (χ1) is 15.7. The molecule has 0 bridgehead atoms. The van der Waals surface area contributed by atoms with Gasteiger partial charge >= 0.3 is 0 Å². The van der Waals surface area contributed by atoms with Crippen LogP contribution in [0.5, 0.6) is 11.5 Å². The molecule has 0 unspecified atom stereocenters. The van der Waals surface area contributed by atoms with Gasteiger partial charge in [-0.25, -0.2) is 0 Å². The molecule has 0 atom stereocenters. The highest BCUT2D eigenvalue weighted by molar-refractivity contribution is 6.17. The summed E-state index contributed by atoms with van der Waals surface area (Å²) < 4.78 is 8.27. The molecule has 5 nitrogen and oxygen atoms in total. The number of nitrogens with zero attached hydrogens (tertiary/aromatic N) is 1. The van der Waals surface area contributed by atoms with E-state index in [9.17, 15) is 9.90 Å². The van der Waals surface area contributed by atoms with E-state index in [1.54, 1.807) is 12.1 Å². The largest absolute Gasteiger partial charge is 0.457 e. The van der Waals surface area contributed by atoms with E-state index in [4.69, 9.17) is 10.5 Å². The van der Waals surface area contributed by atoms with Crippen molar-refractivity contribution in [3.05, 3.63) is 108 Å². The average molecular weight is 421 g/mol. The van der Waals surface area contributed by atoms with E-state index in [1.165, 1.54) is 0 Å². The fourth-order valence-electron chi connectivity index (χ4n) is 4.09. The number of carbonyl (C=O) groups excluding carboxylic acids is 1. The van der Waals surface area contributed by atoms with Gasteiger partial charge in [0, 0.05) is 21.9 Å². The summed E-state index contributed by atoms with van der Waals surface area (Å²) in [5.41, 5.74) is 9.60. The molecule has 5 rings (SSSR count). The second kappa shape index (κ2) is 8.21. The molecular weight excluding hydrogens is 400 g/mol. The fraction of sp³-hybridized carbons (Fsp3) is 0.0741. The molecule has 1 amide bonds. The maximum atomic E-state index is 12.1. The summed E-state index contributed by atoms with van der Waals surface area (Å²) in [5, 5.41) is 11.2. The predicted octanol–water partition coefficient (Wildman–Crippen LogP) is 5.03. The smallest absolute Gasteiger partial charge is 0.249 e. The van der Waals surface area contributed by atoms with Gasteiger partial charge in [-0.2, -0.15) is 0 Å². The van der Waals surface area contributed by atoms with Crippen LogP contribution in [0, 0.1) is 6.07 Å². The Morgan fingerprint density at radius 3 is 2.53 bits per heavy atom. The van der Waals surface area contributed by atoms with Crippen LogP contribution in [0.15, 0.2) is 84.9 Å². The molecule has 5 aromatic rings. The van der Waals surface area contributed by atoms with Crippen molar-refractivity contribution in [3.63, 3.8) is 0 Å². The van der Waals surface area contributed by atoms with Gasteiger partial charge in [-0.3, -0.25) is 4.79 Å². The molecule has 0 saturated heterocycles. The zero-order valence-electron chi connectivity index (χ0n) is 17.3. The SMILES string of the molecule is NC(=O)c1cccc2c1c1[c]cc(CO)cc1n2Cc1ccccc1Oc1ccccc1. The van der Waals surface area contributed by atoms with E-state index < -0.39 is 5.91 Å². The molecule has 0 fully saturated rings. The average Bonchev–Trinajstić information content (AvgIpc) is 3.13. The van der Waals surface area contributed by atoms with Crippen LogP contribution in [0.2, 0.25) is 0 Å². The lowest BCUT2D eigenvalue weighted by atomic mass is 10.0. The first-order valence-electron chi connectivity index (χ1n) is 10.3. The van der Waals surface area contributed by atoms with Gasteiger partial charge in [-0.15, -0.1) is 0 Å². The fourth-order valence-corrected chi connectivity index (χ4v) is 4.09. The number of aliphatic hydroxyl groups excluding tert-OH is 1. The second-order valence-electron chi connectivity index (χ2n) is 7.60. The van der Waals surface area contributed by atoms with Crippen LogP contribution in [0.1, 0.15) is 21.5 Å². The first kappa shape index (κ1) is 19.8. The van der Waals surface area contributed by atoms with Crippen LogP contribution in [0.4, 0.5) is 0 Å². The minimum atomic E-state index is -0.484. The highest BCUT2D eigenvalue weighted by atomic mass is 16.5. The van der Waals surface area contributed by atoms with Crippen LogP contribution in [-0.4, -0.2) is 15.6 Å². The molecule has 1 aromatic heterocycles. The summed E-state index contributed by atoms with van der Waals surface area (Å²) in [7, 11) is 0. The van der Waals surface area contributed by atoms with Crippen LogP contribution in [0.25, 0.3) is 21.8 Å². The Morgan fingerprint density at radius 1 is 0.969 bits per heavy atom. The Hall–Kier alpha value is -4.09. The molecule has 0 aliphatic rings. The Bertz CT molecular complexity index is 1440. The number of amides is 1. The van der Waals surface area contributed by atoms with Crippen molar-refractivity contribution in [2.75, 3.05) is 0 Å². The summed E-state index contributed by atoms with van der Waals surface area (Å²) in [6, 6.07) is 30.0. The van der Waals surface area contributed by atoms with Crippen molar-refractivity contribution in [1.29, 1.82) is 0 Å². The van der Waals surface area contributed by atoms with Crippen molar-refractivity contribution < 1.29 is 14.6 Å². The van der Waals surface area contributed by atoms with Crippen LogP contribution < -0.4 is 10.5 Å². The third kappa shape index (κ3) is 3.49. The summed E-state index contributed by atoms with van der Waals surface area (Å²) in [6.45, 7) is 0.415. The quantitative estimate of drug-likeness (QED) is 0.404. The minimum Gasteiger partial charge on any atom is -0.457 e. The number of aromatic nitrogens is 1. The number of carbonyl (C=O) groups is 1. The van der Waals surface area contributed by atoms with Crippen LogP contribution >= 0.6 is 0 Å². The number of rotatable bonds is 6. The van der Waals surface area contributed by atoms with E-state index in [2.05, 4.69) is 10.6 Å². The normalized spacial score (nSPS) is 11.2. The van der Waals surface area contributed by atoms with Gasteiger partial charge in [0.25, 0.3) is 0 Å². The Labute approximate surface area is 185 Å². The molecule has 5 heteroatoms. The highest BCUT2D eigenvalue weighted by Crippen LogP contribution is 2.34. The molecule has 157 valence electrons. The molecule has 0 saturated carbocycles. The summed E-state index contributed by atoms with van der Waals surface area (Å²) >= 11 is 0. The number of aliphatic hydroxyl groups is 1. The van der Waals surface area contributed by atoms with Gasteiger partial charge in [0.1, 0.15) is 11.5 Å². The van der Waals surface area contributed by atoms with Crippen molar-refractivity contribution in [1.82, 2.24) is 4.57 Å². The molecule has 1 heterocycles. The van der Waals surface area contributed by atoms with Gasteiger partial charge < -0.3 is 20.1 Å². The molecule has 0 aliphatic heterocycles. The Kier molecular flexibility index (Phi) is 5.09. The van der Waals surface area contributed by atoms with Gasteiger partial charge in [-0.1, -0.05) is 42.5 Å². The second-order valence-corrected chi connectivity index (χ2v) is 7.60. The number of nitrogens with two attached hydrogens (primary N) is 1. The molecule has 1 radical (unpaired) electrons. The Balaban J connectivity index is 1.70. The predicted molar refractivity (Wildman–Crippen MR) is 125 cm³/mol. The number of hydrogen-bond donors (Lipinski definition) is 2. The Morgan fingerprint density at radius 2 is 1.75 bits per heavy atom. The van der Waals surface area contributed by atoms with Crippen molar-refractivity contribution >= 4 is 27.7 Å². The molecule has 0 spiro atoms. The maximum absolute atomic E-state index is 12.1. The van der Waals surface area contributed by atoms with Crippen LogP contribution in [-0.2, 0) is 13.2 Å². The summed E-state index contributed by atoms with van der Waals surface area (Å²) in [6.07, 6.45) is 0. The number of para-hydroxylation sites is 2. The number of primary amides is 1. The number of fused-ring (bicyclic) bond motifs is 3. The van der Waals surface area contributed by atoms with Gasteiger partial charge in [0.05, 0.1) is 24.2 Å². The van der Waals surface area contributed by atoms with Gasteiger partial charge in [-0.05, 0) is 54.1 Å². The van der Waals surface area contributed by atoms with E-state index in [-0.39, 0.29) is 6.61 Å². The van der Waals surface area contributed by atoms with Crippen molar-refractivity contribution in [3.8, 4) is 11.5 Å². The standard InChI is InChI=1S/C27H21N2O3/c28-27(31)22-10-6-11-23-26(22)21-14-13-18(17-30)15-24(21)29(23)16-19-7-4-5-12-25(19)32-20-8-2-1-3-9-20/h1-13,15,30H,16-17H2,(H2,28,31).